The number of nitrogens with one attached hydrogen (secondary N) is 1. The highest BCUT2D eigenvalue weighted by Gasteiger charge is 2.15. The molecule has 168 valence electrons. The van der Waals surface area contributed by atoms with Gasteiger partial charge in [-0.1, -0.05) is 0 Å². The van der Waals surface area contributed by atoms with E-state index >= 15 is 0 Å². The average Bonchev–Trinajstić information content (AvgIpc) is 3.52. The number of hydrogen-bond donors (Lipinski definition) is 1. The quantitative estimate of drug-likeness (QED) is 0.492. The van der Waals surface area contributed by atoms with Gasteiger partial charge < -0.3 is 15.0 Å². The molecule has 1 aliphatic rings. The van der Waals surface area contributed by atoms with Crippen LogP contribution in [0, 0.1) is 0 Å². The van der Waals surface area contributed by atoms with E-state index < -0.39 is 0 Å². The summed E-state index contributed by atoms with van der Waals surface area (Å²) in [6.45, 7) is 2.00. The van der Waals surface area contributed by atoms with Crippen molar-refractivity contribution in [2.75, 3.05) is 30.4 Å². The first-order valence-electron chi connectivity index (χ1n) is 10.8. The van der Waals surface area contributed by atoms with Gasteiger partial charge in [0, 0.05) is 24.5 Å². The molecule has 5 rings (SSSR count). The molecule has 9 nitrogen and oxygen atoms in total. The van der Waals surface area contributed by atoms with E-state index in [1.165, 1.54) is 29.9 Å². The molecule has 0 saturated carbocycles. The molecule has 0 aliphatic carbocycles. The molecule has 2 aromatic heterocycles. The lowest BCUT2D eigenvalue weighted by Gasteiger charge is -2.17. The molecular formula is C24H24N6O3. The first-order valence-corrected chi connectivity index (χ1v) is 10.8. The highest BCUT2D eigenvalue weighted by atomic mass is 16.5. The molecule has 0 radical (unpaired) electrons. The first-order chi connectivity index (χ1) is 16.1. The molecule has 1 amide bonds. The standard InChI is InChI=1S/C24H24N6O3/c1-33-20-10-8-19(9-11-20)30-23-21(14-26-30)24(32)29(16-25-23)15-22(31)27-17-4-6-18(7-5-17)28-12-2-3-13-28/h4-11,14,16H,2-3,12-13,15H2,1H3,(H,27,31). The van der Waals surface area contributed by atoms with Gasteiger partial charge in [0.2, 0.25) is 5.91 Å². The SMILES string of the molecule is COc1ccc(-n2ncc3c(=O)n(CC(=O)Nc4ccc(N5CCCC5)cc4)cnc32)cc1. The van der Waals surface area contributed by atoms with Crippen LogP contribution in [0.25, 0.3) is 16.7 Å². The maximum Gasteiger partial charge on any atom is 0.264 e. The van der Waals surface area contributed by atoms with Gasteiger partial charge in [-0.25, -0.2) is 9.67 Å². The van der Waals surface area contributed by atoms with Crippen LogP contribution in [0.4, 0.5) is 11.4 Å². The van der Waals surface area contributed by atoms with Crippen LogP contribution in [0.1, 0.15) is 12.8 Å². The fraction of sp³-hybridized carbons (Fsp3) is 0.250. The van der Waals surface area contributed by atoms with E-state index in [1.807, 2.05) is 48.5 Å². The van der Waals surface area contributed by atoms with Gasteiger partial charge in [0.05, 0.1) is 19.0 Å². The number of ether oxygens (including phenoxy) is 1. The van der Waals surface area contributed by atoms with Crippen molar-refractivity contribution in [1.29, 1.82) is 0 Å². The van der Waals surface area contributed by atoms with Gasteiger partial charge in [0.15, 0.2) is 5.65 Å². The minimum absolute atomic E-state index is 0.136. The topological polar surface area (TPSA) is 94.3 Å². The fourth-order valence-corrected chi connectivity index (χ4v) is 4.06. The van der Waals surface area contributed by atoms with Crippen LogP contribution in [-0.2, 0) is 11.3 Å². The number of methoxy groups -OCH3 is 1. The predicted molar refractivity (Wildman–Crippen MR) is 126 cm³/mol. The molecule has 0 bridgehead atoms. The first kappa shape index (κ1) is 20.7. The Kier molecular flexibility index (Phi) is 5.52. The van der Waals surface area contributed by atoms with Crippen LogP contribution in [-0.4, -0.2) is 45.4 Å². The number of aromatic nitrogens is 4. The van der Waals surface area contributed by atoms with Crippen molar-refractivity contribution in [3.05, 3.63) is 71.4 Å². The summed E-state index contributed by atoms with van der Waals surface area (Å²) in [6.07, 6.45) is 5.28. The number of rotatable bonds is 6. The number of amides is 1. The molecule has 33 heavy (non-hydrogen) atoms. The molecule has 1 aliphatic heterocycles. The van der Waals surface area contributed by atoms with Crippen LogP contribution in [0.3, 0.4) is 0 Å². The molecule has 1 fully saturated rings. The third kappa shape index (κ3) is 4.17. The number of carbonyl (C=O) groups is 1. The van der Waals surface area contributed by atoms with Crippen molar-refractivity contribution in [3.63, 3.8) is 0 Å². The molecular weight excluding hydrogens is 420 g/mol. The highest BCUT2D eigenvalue weighted by molar-refractivity contribution is 5.91. The molecule has 1 saturated heterocycles. The summed E-state index contributed by atoms with van der Waals surface area (Å²) in [5.74, 6) is 0.428. The van der Waals surface area contributed by atoms with Crippen LogP contribution >= 0.6 is 0 Å². The highest BCUT2D eigenvalue weighted by Crippen LogP contribution is 2.22. The number of fused-ring (bicyclic) bond motifs is 1. The van der Waals surface area contributed by atoms with Crippen molar-refractivity contribution in [3.8, 4) is 11.4 Å². The van der Waals surface area contributed by atoms with Crippen molar-refractivity contribution in [2.24, 2.45) is 0 Å². The van der Waals surface area contributed by atoms with E-state index in [0.29, 0.717) is 16.7 Å². The molecule has 4 aromatic rings. The van der Waals surface area contributed by atoms with Crippen molar-refractivity contribution in [2.45, 2.75) is 19.4 Å². The number of nitrogens with zero attached hydrogens (tertiary/aromatic N) is 5. The van der Waals surface area contributed by atoms with Crippen LogP contribution in [0.5, 0.6) is 5.75 Å². The Morgan fingerprint density at radius 1 is 1.03 bits per heavy atom. The lowest BCUT2D eigenvalue weighted by Crippen LogP contribution is -2.27. The van der Waals surface area contributed by atoms with Gasteiger partial charge in [-0.3, -0.25) is 14.2 Å². The van der Waals surface area contributed by atoms with Gasteiger partial charge in [0.1, 0.15) is 24.0 Å². The zero-order valence-electron chi connectivity index (χ0n) is 18.3. The summed E-state index contributed by atoms with van der Waals surface area (Å²) >= 11 is 0. The van der Waals surface area contributed by atoms with Crippen LogP contribution in [0.15, 0.2) is 65.8 Å². The molecule has 3 heterocycles. The molecule has 2 aromatic carbocycles. The van der Waals surface area contributed by atoms with Crippen molar-refractivity contribution >= 4 is 28.3 Å². The lowest BCUT2D eigenvalue weighted by atomic mass is 10.2. The second-order valence-corrected chi connectivity index (χ2v) is 7.96. The molecule has 1 N–H and O–H groups in total. The minimum Gasteiger partial charge on any atom is -0.497 e. The van der Waals surface area contributed by atoms with Gasteiger partial charge >= 0.3 is 0 Å². The summed E-state index contributed by atoms with van der Waals surface area (Å²) in [5, 5.41) is 7.50. The zero-order valence-corrected chi connectivity index (χ0v) is 18.3. The smallest absolute Gasteiger partial charge is 0.264 e. The molecule has 0 spiro atoms. The van der Waals surface area contributed by atoms with Gasteiger partial charge in [0.25, 0.3) is 5.56 Å². The number of anilines is 2. The van der Waals surface area contributed by atoms with E-state index in [0.717, 1.165) is 30.2 Å². The minimum atomic E-state index is -0.320. The van der Waals surface area contributed by atoms with E-state index in [4.69, 9.17) is 4.74 Å². The summed E-state index contributed by atoms with van der Waals surface area (Å²) in [6, 6.07) is 15.1. The summed E-state index contributed by atoms with van der Waals surface area (Å²) in [4.78, 5) is 32.2. The number of benzene rings is 2. The normalized spacial score (nSPS) is 13.4. The molecule has 0 unspecified atom stereocenters. The number of hydrogen-bond acceptors (Lipinski definition) is 6. The fourth-order valence-electron chi connectivity index (χ4n) is 4.06. The Hall–Kier alpha value is -4.14. The van der Waals surface area contributed by atoms with E-state index in [9.17, 15) is 9.59 Å². The third-order valence-corrected chi connectivity index (χ3v) is 5.81. The van der Waals surface area contributed by atoms with E-state index in [2.05, 4.69) is 20.3 Å². The predicted octanol–water partition coefficient (Wildman–Crippen LogP) is 2.83. The molecule has 0 atom stereocenters. The zero-order chi connectivity index (χ0) is 22.8. The van der Waals surface area contributed by atoms with Crippen molar-refractivity contribution in [1.82, 2.24) is 19.3 Å². The molecule has 9 heteroatoms. The summed E-state index contributed by atoms with van der Waals surface area (Å²) in [5.41, 5.74) is 2.71. The second-order valence-electron chi connectivity index (χ2n) is 7.96. The maximum atomic E-state index is 12.9. The van der Waals surface area contributed by atoms with Crippen LogP contribution in [0.2, 0.25) is 0 Å². The van der Waals surface area contributed by atoms with Gasteiger partial charge in [-0.15, -0.1) is 0 Å². The monoisotopic (exact) mass is 444 g/mol. The largest absolute Gasteiger partial charge is 0.497 e. The summed E-state index contributed by atoms with van der Waals surface area (Å²) in [7, 11) is 1.60. The lowest BCUT2D eigenvalue weighted by molar-refractivity contribution is -0.116. The van der Waals surface area contributed by atoms with Crippen molar-refractivity contribution < 1.29 is 9.53 Å². The Bertz CT molecular complexity index is 1340. The third-order valence-electron chi connectivity index (χ3n) is 5.81. The maximum absolute atomic E-state index is 12.9. The van der Waals surface area contributed by atoms with Crippen LogP contribution < -0.4 is 20.5 Å². The number of carbonyl (C=O) groups excluding carboxylic acids is 1. The Morgan fingerprint density at radius 3 is 2.42 bits per heavy atom. The van der Waals surface area contributed by atoms with Gasteiger partial charge in [-0.05, 0) is 61.4 Å². The van der Waals surface area contributed by atoms with Gasteiger partial charge in [-0.2, -0.15) is 5.10 Å². The Labute approximate surface area is 190 Å². The Balaban J connectivity index is 1.31. The Morgan fingerprint density at radius 2 is 1.73 bits per heavy atom. The second kappa shape index (κ2) is 8.78. The van der Waals surface area contributed by atoms with E-state index in [1.54, 1.807) is 11.8 Å². The average molecular weight is 444 g/mol. The van der Waals surface area contributed by atoms with E-state index in [-0.39, 0.29) is 18.0 Å². The summed E-state index contributed by atoms with van der Waals surface area (Å²) < 4.78 is 8.05.